The Morgan fingerprint density at radius 2 is 1.90 bits per heavy atom. The number of aromatic nitrogens is 1. The molecule has 1 aromatic heterocycles. The van der Waals surface area contributed by atoms with Gasteiger partial charge in [-0.05, 0) is 46.0 Å². The zero-order chi connectivity index (χ0) is 15.3. The zero-order valence-corrected chi connectivity index (χ0v) is 13.5. The highest BCUT2D eigenvalue weighted by Crippen LogP contribution is 2.23. The van der Waals surface area contributed by atoms with Crippen LogP contribution in [-0.4, -0.2) is 42.7 Å². The third-order valence-corrected chi connectivity index (χ3v) is 2.94. The van der Waals surface area contributed by atoms with Gasteiger partial charge in [-0.25, -0.2) is 0 Å². The fourth-order valence-corrected chi connectivity index (χ4v) is 1.86. The number of nitrogens with zero attached hydrogens (tertiary/aromatic N) is 2. The number of pyridine rings is 1. The lowest BCUT2D eigenvalue weighted by Gasteiger charge is -2.26. The average Bonchev–Trinajstić information content (AvgIpc) is 2.31. The van der Waals surface area contributed by atoms with Crippen molar-refractivity contribution in [3.63, 3.8) is 0 Å². The summed E-state index contributed by atoms with van der Waals surface area (Å²) in [5, 5.41) is 3.46. The maximum absolute atomic E-state index is 5.89. The summed E-state index contributed by atoms with van der Waals surface area (Å²) in [5.41, 5.74) is 6.45. The molecule has 0 fully saturated rings. The van der Waals surface area contributed by atoms with Gasteiger partial charge in [-0.2, -0.15) is 4.98 Å². The van der Waals surface area contributed by atoms with Crippen molar-refractivity contribution < 1.29 is 4.74 Å². The molecule has 0 bridgehead atoms. The summed E-state index contributed by atoms with van der Waals surface area (Å²) in [4.78, 5) is 6.63. The predicted molar refractivity (Wildman–Crippen MR) is 85.2 cm³/mol. The molecule has 5 heteroatoms. The van der Waals surface area contributed by atoms with Crippen LogP contribution in [0.1, 0.15) is 27.7 Å². The molecule has 0 spiro atoms. The van der Waals surface area contributed by atoms with E-state index in [1.54, 1.807) is 0 Å². The first-order valence-corrected chi connectivity index (χ1v) is 7.14. The van der Waals surface area contributed by atoms with Gasteiger partial charge in [0.05, 0.1) is 11.8 Å². The Morgan fingerprint density at radius 1 is 1.25 bits per heavy atom. The molecule has 1 aromatic rings. The quantitative estimate of drug-likeness (QED) is 0.803. The molecule has 0 saturated carbocycles. The van der Waals surface area contributed by atoms with E-state index < -0.39 is 0 Å². The smallest absolute Gasteiger partial charge is 0.239 e. The van der Waals surface area contributed by atoms with Crippen LogP contribution in [0.5, 0.6) is 5.88 Å². The normalized spacial score (nSPS) is 13.1. The standard InChI is InChI=1S/C15H28N4O/c1-10(2)13(9-19(5)6)17-14-8-7-12(16)15(18-14)20-11(3)4/h7-8,10-11,13H,9,16H2,1-6H3,(H,17,18). The third kappa shape index (κ3) is 5.25. The number of hydrogen-bond donors (Lipinski definition) is 2. The monoisotopic (exact) mass is 280 g/mol. The molecule has 114 valence electrons. The molecule has 20 heavy (non-hydrogen) atoms. The van der Waals surface area contributed by atoms with Gasteiger partial charge in [0.1, 0.15) is 5.82 Å². The van der Waals surface area contributed by atoms with Gasteiger partial charge >= 0.3 is 0 Å². The molecule has 1 unspecified atom stereocenters. The number of ether oxygens (including phenoxy) is 1. The van der Waals surface area contributed by atoms with Crippen molar-refractivity contribution in [3.05, 3.63) is 12.1 Å². The Kier molecular flexibility index (Phi) is 6.07. The van der Waals surface area contributed by atoms with Crippen molar-refractivity contribution in [2.24, 2.45) is 5.92 Å². The van der Waals surface area contributed by atoms with Gasteiger partial charge in [0.2, 0.25) is 5.88 Å². The molecule has 0 aliphatic rings. The van der Waals surface area contributed by atoms with E-state index in [2.05, 4.69) is 43.1 Å². The molecule has 0 amide bonds. The van der Waals surface area contributed by atoms with Crippen LogP contribution in [0.25, 0.3) is 0 Å². The van der Waals surface area contributed by atoms with Crippen LogP contribution < -0.4 is 15.8 Å². The van der Waals surface area contributed by atoms with Crippen LogP contribution in [0, 0.1) is 5.92 Å². The van der Waals surface area contributed by atoms with Crippen LogP contribution in [0.3, 0.4) is 0 Å². The van der Waals surface area contributed by atoms with Crippen molar-refractivity contribution in [2.75, 3.05) is 31.7 Å². The topological polar surface area (TPSA) is 63.4 Å². The lowest BCUT2D eigenvalue weighted by Crippen LogP contribution is -2.36. The third-order valence-electron chi connectivity index (χ3n) is 2.94. The maximum atomic E-state index is 5.89. The van der Waals surface area contributed by atoms with Gasteiger partial charge in [0.25, 0.3) is 0 Å². The number of nitrogen functional groups attached to an aromatic ring is 1. The van der Waals surface area contributed by atoms with E-state index >= 15 is 0 Å². The summed E-state index contributed by atoms with van der Waals surface area (Å²) in [5.74, 6) is 1.80. The second-order valence-electron chi connectivity index (χ2n) is 6.01. The number of rotatable bonds is 7. The summed E-state index contributed by atoms with van der Waals surface area (Å²) < 4.78 is 5.62. The molecule has 0 aromatic carbocycles. The Morgan fingerprint density at radius 3 is 2.40 bits per heavy atom. The Bertz CT molecular complexity index is 418. The zero-order valence-electron chi connectivity index (χ0n) is 13.5. The largest absolute Gasteiger partial charge is 0.473 e. The van der Waals surface area contributed by atoms with Crippen molar-refractivity contribution in [1.82, 2.24) is 9.88 Å². The summed E-state index contributed by atoms with van der Waals surface area (Å²) >= 11 is 0. The lowest BCUT2D eigenvalue weighted by atomic mass is 10.0. The van der Waals surface area contributed by atoms with Gasteiger partial charge in [-0.15, -0.1) is 0 Å². The van der Waals surface area contributed by atoms with Crippen LogP contribution >= 0.6 is 0 Å². The molecule has 3 N–H and O–H groups in total. The highest BCUT2D eigenvalue weighted by Gasteiger charge is 2.15. The first-order valence-electron chi connectivity index (χ1n) is 7.14. The lowest BCUT2D eigenvalue weighted by molar-refractivity contribution is 0.234. The predicted octanol–water partition coefficient (Wildman–Crippen LogP) is 2.45. The van der Waals surface area contributed by atoms with Gasteiger partial charge in [-0.1, -0.05) is 13.8 Å². The minimum atomic E-state index is 0.0581. The van der Waals surface area contributed by atoms with Gasteiger partial charge in [0.15, 0.2) is 0 Å². The van der Waals surface area contributed by atoms with E-state index in [1.165, 1.54) is 0 Å². The Balaban J connectivity index is 2.84. The second kappa shape index (κ2) is 7.33. The van der Waals surface area contributed by atoms with Crippen LogP contribution in [0.15, 0.2) is 12.1 Å². The fourth-order valence-electron chi connectivity index (χ4n) is 1.86. The van der Waals surface area contributed by atoms with Crippen molar-refractivity contribution >= 4 is 11.5 Å². The molecule has 1 heterocycles. The molecule has 0 aliphatic heterocycles. The summed E-state index contributed by atoms with van der Waals surface area (Å²) in [6, 6.07) is 4.06. The molecule has 0 radical (unpaired) electrons. The number of anilines is 2. The molecule has 0 aliphatic carbocycles. The summed E-state index contributed by atoms with van der Waals surface area (Å²) in [6.07, 6.45) is 0.0581. The Hall–Kier alpha value is -1.49. The molecular formula is C15H28N4O. The highest BCUT2D eigenvalue weighted by atomic mass is 16.5. The fraction of sp³-hybridized carbons (Fsp3) is 0.667. The molecule has 5 nitrogen and oxygen atoms in total. The Labute approximate surface area is 122 Å². The first kappa shape index (κ1) is 16.6. The van der Waals surface area contributed by atoms with E-state index in [4.69, 9.17) is 10.5 Å². The van der Waals surface area contributed by atoms with E-state index in [-0.39, 0.29) is 6.10 Å². The maximum Gasteiger partial charge on any atom is 0.239 e. The molecule has 1 rings (SSSR count). The SMILES string of the molecule is CC(C)Oc1nc(NC(CN(C)C)C(C)C)ccc1N. The van der Waals surface area contributed by atoms with Crippen LogP contribution in [0.4, 0.5) is 11.5 Å². The van der Waals surface area contributed by atoms with Gasteiger partial charge in [0, 0.05) is 12.6 Å². The van der Waals surface area contributed by atoms with Gasteiger partial charge < -0.3 is 20.7 Å². The number of likely N-dealkylation sites (N-methyl/N-ethyl adjacent to an activating group) is 1. The molecule has 0 saturated heterocycles. The summed E-state index contributed by atoms with van der Waals surface area (Å²) in [7, 11) is 4.14. The van der Waals surface area contributed by atoms with E-state index in [1.807, 2.05) is 26.0 Å². The van der Waals surface area contributed by atoms with E-state index in [0.717, 1.165) is 12.4 Å². The average molecular weight is 280 g/mol. The number of hydrogen-bond acceptors (Lipinski definition) is 5. The van der Waals surface area contributed by atoms with E-state index in [9.17, 15) is 0 Å². The van der Waals surface area contributed by atoms with E-state index in [0.29, 0.717) is 23.5 Å². The van der Waals surface area contributed by atoms with Crippen LogP contribution in [-0.2, 0) is 0 Å². The highest BCUT2D eigenvalue weighted by molar-refractivity contribution is 5.54. The van der Waals surface area contributed by atoms with Crippen molar-refractivity contribution in [3.8, 4) is 5.88 Å². The minimum Gasteiger partial charge on any atom is -0.473 e. The minimum absolute atomic E-state index is 0.0581. The summed E-state index contributed by atoms with van der Waals surface area (Å²) in [6.45, 7) is 9.27. The second-order valence-corrected chi connectivity index (χ2v) is 6.01. The molecular weight excluding hydrogens is 252 g/mol. The van der Waals surface area contributed by atoms with Gasteiger partial charge in [-0.3, -0.25) is 0 Å². The number of nitrogens with two attached hydrogens (primary N) is 1. The van der Waals surface area contributed by atoms with Crippen molar-refractivity contribution in [2.45, 2.75) is 39.8 Å². The van der Waals surface area contributed by atoms with Crippen LogP contribution in [0.2, 0.25) is 0 Å². The number of nitrogens with one attached hydrogen (secondary N) is 1. The first-order chi connectivity index (χ1) is 9.29. The molecule has 1 atom stereocenters. The van der Waals surface area contributed by atoms with Crippen molar-refractivity contribution in [1.29, 1.82) is 0 Å².